The van der Waals surface area contributed by atoms with Gasteiger partial charge in [0.1, 0.15) is 0 Å². The van der Waals surface area contributed by atoms with Crippen molar-refractivity contribution in [2.75, 3.05) is 23.8 Å². The lowest BCUT2D eigenvalue weighted by molar-refractivity contribution is 0.0525. The van der Waals surface area contributed by atoms with Crippen LogP contribution in [0.15, 0.2) is 36.4 Å². The highest BCUT2D eigenvalue weighted by Gasteiger charge is 2.15. The van der Waals surface area contributed by atoms with Crippen LogP contribution in [0.4, 0.5) is 11.4 Å². The molecule has 0 fully saturated rings. The zero-order valence-corrected chi connectivity index (χ0v) is 17.5. The largest absolute Gasteiger partial charge is 0.462 e. The minimum absolute atomic E-state index is 0.197. The molecule has 0 radical (unpaired) electrons. The minimum Gasteiger partial charge on any atom is -0.462 e. The third-order valence-electron chi connectivity index (χ3n) is 3.39. The Hall–Kier alpha value is -2.35. The molecule has 28 heavy (non-hydrogen) atoms. The Kier molecular flexibility index (Phi) is 8.04. The first-order chi connectivity index (χ1) is 13.3. The van der Waals surface area contributed by atoms with E-state index in [1.807, 2.05) is 0 Å². The highest BCUT2D eigenvalue weighted by atomic mass is 35.5. The van der Waals surface area contributed by atoms with E-state index in [1.165, 1.54) is 18.2 Å². The van der Waals surface area contributed by atoms with Crippen LogP contribution in [0, 0.1) is 0 Å². The van der Waals surface area contributed by atoms with Gasteiger partial charge < -0.3 is 20.1 Å². The second kappa shape index (κ2) is 10.3. The van der Waals surface area contributed by atoms with Gasteiger partial charge in [0.25, 0.3) is 0 Å². The molecule has 0 aliphatic rings. The van der Waals surface area contributed by atoms with Crippen molar-refractivity contribution in [3.63, 3.8) is 0 Å². The van der Waals surface area contributed by atoms with Crippen molar-refractivity contribution in [2.24, 2.45) is 0 Å². The Labute approximate surface area is 178 Å². The molecule has 0 aliphatic carbocycles. The fourth-order valence-electron chi connectivity index (χ4n) is 2.24. The molecule has 0 aliphatic heterocycles. The van der Waals surface area contributed by atoms with Crippen LogP contribution in [0.1, 0.15) is 34.6 Å². The van der Waals surface area contributed by atoms with Crippen molar-refractivity contribution in [3.05, 3.63) is 57.6 Å². The van der Waals surface area contributed by atoms with E-state index in [4.69, 9.17) is 44.9 Å². The number of thiocarbonyl (C=S) groups is 1. The van der Waals surface area contributed by atoms with Gasteiger partial charge in [0.15, 0.2) is 5.11 Å². The minimum atomic E-state index is -0.559. The van der Waals surface area contributed by atoms with Gasteiger partial charge in [-0.05, 0) is 62.5 Å². The second-order valence-electron chi connectivity index (χ2n) is 5.44. The smallest absolute Gasteiger partial charge is 0.338 e. The molecule has 6 nitrogen and oxygen atoms in total. The molecule has 0 amide bonds. The molecule has 148 valence electrons. The summed E-state index contributed by atoms with van der Waals surface area (Å²) in [4.78, 5) is 24.2. The lowest BCUT2D eigenvalue weighted by Crippen LogP contribution is -2.20. The van der Waals surface area contributed by atoms with Crippen LogP contribution in [0.2, 0.25) is 10.0 Å². The highest BCUT2D eigenvalue weighted by molar-refractivity contribution is 7.80. The van der Waals surface area contributed by atoms with Gasteiger partial charge >= 0.3 is 11.9 Å². The molecule has 0 saturated heterocycles. The standard InChI is InChI=1S/C19H18Cl2N2O4S/c1-3-26-17(24)11-7-12(18(25)27-4-2)9-14(8-11)22-19(28)23-16-6-5-13(20)10-15(16)21/h5-10H,3-4H2,1-2H3,(H2,22,23,28). The van der Waals surface area contributed by atoms with Gasteiger partial charge in [-0.2, -0.15) is 0 Å². The van der Waals surface area contributed by atoms with E-state index in [0.29, 0.717) is 21.4 Å². The predicted octanol–water partition coefficient (Wildman–Crippen LogP) is 5.16. The Balaban J connectivity index is 2.25. The molecule has 0 bridgehead atoms. The first-order valence-electron chi connectivity index (χ1n) is 8.36. The molecule has 0 spiro atoms. The SMILES string of the molecule is CCOC(=O)c1cc(NC(=S)Nc2ccc(Cl)cc2Cl)cc(C(=O)OCC)c1. The lowest BCUT2D eigenvalue weighted by Gasteiger charge is -2.14. The summed E-state index contributed by atoms with van der Waals surface area (Å²) in [5.74, 6) is -1.12. The molecule has 2 aromatic rings. The maximum Gasteiger partial charge on any atom is 0.338 e. The van der Waals surface area contributed by atoms with Crippen LogP contribution in [-0.4, -0.2) is 30.3 Å². The first-order valence-corrected chi connectivity index (χ1v) is 9.52. The fourth-order valence-corrected chi connectivity index (χ4v) is 2.92. The number of esters is 2. The number of carbonyl (C=O) groups is 2. The number of hydrogen-bond acceptors (Lipinski definition) is 5. The summed E-state index contributed by atoms with van der Waals surface area (Å²) in [6, 6.07) is 9.38. The van der Waals surface area contributed by atoms with Crippen molar-refractivity contribution in [1.82, 2.24) is 0 Å². The Morgan fingerprint density at radius 2 is 1.50 bits per heavy atom. The quantitative estimate of drug-likeness (QED) is 0.474. The number of anilines is 2. The lowest BCUT2D eigenvalue weighted by atomic mass is 10.1. The number of hydrogen-bond donors (Lipinski definition) is 2. The van der Waals surface area contributed by atoms with E-state index in [0.717, 1.165) is 0 Å². The van der Waals surface area contributed by atoms with E-state index in [9.17, 15) is 9.59 Å². The van der Waals surface area contributed by atoms with E-state index in [2.05, 4.69) is 10.6 Å². The van der Waals surface area contributed by atoms with Gasteiger partial charge in [0, 0.05) is 10.7 Å². The number of carbonyl (C=O) groups excluding carboxylic acids is 2. The summed E-state index contributed by atoms with van der Waals surface area (Å²) < 4.78 is 10.0. The molecule has 2 aromatic carbocycles. The van der Waals surface area contributed by atoms with Crippen LogP contribution in [0.3, 0.4) is 0 Å². The molecular formula is C19H18Cl2N2O4S. The number of ether oxygens (including phenoxy) is 2. The molecule has 0 unspecified atom stereocenters. The van der Waals surface area contributed by atoms with Gasteiger partial charge in [-0.15, -0.1) is 0 Å². The van der Waals surface area contributed by atoms with Gasteiger partial charge in [0.05, 0.1) is 35.1 Å². The van der Waals surface area contributed by atoms with E-state index >= 15 is 0 Å². The topological polar surface area (TPSA) is 76.7 Å². The first kappa shape index (κ1) is 21.9. The number of rotatable bonds is 6. The van der Waals surface area contributed by atoms with Crippen LogP contribution < -0.4 is 10.6 Å². The summed E-state index contributed by atoms with van der Waals surface area (Å²) in [6.45, 7) is 3.81. The van der Waals surface area contributed by atoms with Gasteiger partial charge in [0.2, 0.25) is 0 Å². The molecule has 9 heteroatoms. The average Bonchev–Trinajstić information content (AvgIpc) is 2.64. The average molecular weight is 441 g/mol. The number of halogens is 2. The van der Waals surface area contributed by atoms with Crippen LogP contribution in [0.5, 0.6) is 0 Å². The Morgan fingerprint density at radius 3 is 2.00 bits per heavy atom. The summed E-state index contributed by atoms with van der Waals surface area (Å²) in [6.07, 6.45) is 0. The summed E-state index contributed by atoms with van der Waals surface area (Å²) in [5.41, 5.74) is 1.36. The van der Waals surface area contributed by atoms with Crippen molar-refractivity contribution in [1.29, 1.82) is 0 Å². The van der Waals surface area contributed by atoms with E-state index < -0.39 is 11.9 Å². The number of nitrogens with one attached hydrogen (secondary N) is 2. The fraction of sp³-hybridized carbons (Fsp3) is 0.211. The summed E-state index contributed by atoms with van der Waals surface area (Å²) >= 11 is 17.3. The van der Waals surface area contributed by atoms with Gasteiger partial charge in [-0.3, -0.25) is 0 Å². The van der Waals surface area contributed by atoms with Gasteiger partial charge in [-0.25, -0.2) is 9.59 Å². The molecule has 0 heterocycles. The molecule has 0 aromatic heterocycles. The molecule has 0 saturated carbocycles. The van der Waals surface area contributed by atoms with Crippen molar-refractivity contribution in [2.45, 2.75) is 13.8 Å². The van der Waals surface area contributed by atoms with Crippen LogP contribution in [-0.2, 0) is 9.47 Å². The Morgan fingerprint density at radius 1 is 0.929 bits per heavy atom. The van der Waals surface area contributed by atoms with Crippen molar-refractivity contribution in [3.8, 4) is 0 Å². The third kappa shape index (κ3) is 6.09. The second-order valence-corrected chi connectivity index (χ2v) is 6.70. The molecule has 0 atom stereocenters. The maximum absolute atomic E-state index is 12.1. The maximum atomic E-state index is 12.1. The van der Waals surface area contributed by atoms with Crippen LogP contribution in [0.25, 0.3) is 0 Å². The molecule has 2 rings (SSSR count). The summed E-state index contributed by atoms with van der Waals surface area (Å²) in [7, 11) is 0. The predicted molar refractivity (Wildman–Crippen MR) is 115 cm³/mol. The highest BCUT2D eigenvalue weighted by Crippen LogP contribution is 2.26. The zero-order valence-electron chi connectivity index (χ0n) is 15.2. The number of benzene rings is 2. The zero-order chi connectivity index (χ0) is 20.7. The van der Waals surface area contributed by atoms with Crippen molar-refractivity contribution >= 4 is 63.8 Å². The van der Waals surface area contributed by atoms with E-state index in [-0.39, 0.29) is 29.5 Å². The van der Waals surface area contributed by atoms with E-state index in [1.54, 1.807) is 32.0 Å². The molecule has 2 N–H and O–H groups in total. The van der Waals surface area contributed by atoms with Gasteiger partial charge in [-0.1, -0.05) is 23.2 Å². The monoisotopic (exact) mass is 440 g/mol. The van der Waals surface area contributed by atoms with Crippen molar-refractivity contribution < 1.29 is 19.1 Å². The Bertz CT molecular complexity index is 869. The van der Waals surface area contributed by atoms with Crippen LogP contribution >= 0.6 is 35.4 Å². The normalized spacial score (nSPS) is 10.1. The summed E-state index contributed by atoms with van der Waals surface area (Å²) in [5, 5.41) is 6.95. The third-order valence-corrected chi connectivity index (χ3v) is 4.14. The molecular weight excluding hydrogens is 423 g/mol.